The van der Waals surface area contributed by atoms with Gasteiger partial charge in [-0.1, -0.05) is 13.8 Å². The number of carbonyl (C=O) groups is 1. The average molecular weight is 268 g/mol. The molecule has 2 rings (SSSR count). The first-order chi connectivity index (χ1) is 8.46. The summed E-state index contributed by atoms with van der Waals surface area (Å²) in [6.07, 6.45) is 4.65. The largest absolute Gasteiger partial charge is 0.477 e. The highest BCUT2D eigenvalue weighted by Crippen LogP contribution is 2.39. The van der Waals surface area contributed by atoms with Gasteiger partial charge in [-0.25, -0.2) is 9.78 Å². The smallest absolute Gasteiger partial charge is 0.347 e. The summed E-state index contributed by atoms with van der Waals surface area (Å²) in [6.45, 7) is 4.17. The molecule has 1 aromatic rings. The highest BCUT2D eigenvalue weighted by molar-refractivity contribution is 7.13. The Morgan fingerprint density at radius 1 is 1.56 bits per heavy atom. The van der Waals surface area contributed by atoms with E-state index in [2.05, 4.69) is 11.9 Å². The van der Waals surface area contributed by atoms with E-state index >= 15 is 0 Å². The van der Waals surface area contributed by atoms with E-state index in [0.29, 0.717) is 22.9 Å². The molecule has 0 amide bonds. The van der Waals surface area contributed by atoms with Crippen molar-refractivity contribution in [2.75, 3.05) is 0 Å². The first kappa shape index (κ1) is 13.5. The summed E-state index contributed by atoms with van der Waals surface area (Å²) in [5.41, 5.74) is 6.70. The summed E-state index contributed by atoms with van der Waals surface area (Å²) < 4.78 is 0. The van der Waals surface area contributed by atoms with Crippen molar-refractivity contribution in [1.29, 1.82) is 0 Å². The van der Waals surface area contributed by atoms with Crippen LogP contribution in [0.15, 0.2) is 0 Å². The van der Waals surface area contributed by atoms with Crippen molar-refractivity contribution in [1.82, 2.24) is 4.98 Å². The first-order valence-electron chi connectivity index (χ1n) is 6.48. The van der Waals surface area contributed by atoms with Crippen LogP contribution in [0.25, 0.3) is 0 Å². The Balaban J connectivity index is 2.30. The van der Waals surface area contributed by atoms with Gasteiger partial charge in [0.1, 0.15) is 9.88 Å². The number of rotatable bonds is 3. The number of aromatic nitrogens is 1. The molecule has 1 aliphatic carbocycles. The van der Waals surface area contributed by atoms with E-state index in [4.69, 9.17) is 10.8 Å². The first-order valence-corrected chi connectivity index (χ1v) is 7.30. The van der Waals surface area contributed by atoms with E-state index in [1.54, 1.807) is 0 Å². The lowest BCUT2D eigenvalue weighted by Gasteiger charge is -2.34. The van der Waals surface area contributed by atoms with E-state index in [1.165, 1.54) is 11.3 Å². The van der Waals surface area contributed by atoms with Gasteiger partial charge in [0, 0.05) is 0 Å². The van der Waals surface area contributed by atoms with Crippen molar-refractivity contribution >= 4 is 17.3 Å². The van der Waals surface area contributed by atoms with Gasteiger partial charge in [0.25, 0.3) is 0 Å². The van der Waals surface area contributed by atoms with Gasteiger partial charge in [0.15, 0.2) is 0 Å². The summed E-state index contributed by atoms with van der Waals surface area (Å²) in [4.78, 5) is 16.0. The van der Waals surface area contributed by atoms with Crippen LogP contribution >= 0.6 is 11.3 Å². The van der Waals surface area contributed by atoms with Crippen molar-refractivity contribution < 1.29 is 9.90 Å². The molecule has 5 heteroatoms. The molecule has 18 heavy (non-hydrogen) atoms. The van der Waals surface area contributed by atoms with Crippen LogP contribution in [0, 0.1) is 5.92 Å². The summed E-state index contributed by atoms with van der Waals surface area (Å²) >= 11 is 1.26. The number of hydrogen-bond acceptors (Lipinski definition) is 4. The Morgan fingerprint density at radius 3 is 2.61 bits per heavy atom. The lowest BCUT2D eigenvalue weighted by molar-refractivity contribution is 0.0701. The molecule has 0 aromatic carbocycles. The topological polar surface area (TPSA) is 76.2 Å². The molecule has 1 aromatic heterocycles. The molecule has 0 saturated heterocycles. The van der Waals surface area contributed by atoms with Crippen LogP contribution < -0.4 is 5.73 Å². The number of nitrogens with two attached hydrogens (primary N) is 1. The van der Waals surface area contributed by atoms with E-state index in [1.807, 2.05) is 6.92 Å². The molecule has 3 N–H and O–H groups in total. The molecule has 1 heterocycles. The van der Waals surface area contributed by atoms with Gasteiger partial charge in [-0.2, -0.15) is 0 Å². The quantitative estimate of drug-likeness (QED) is 0.883. The maximum atomic E-state index is 11.2. The molecule has 1 saturated carbocycles. The molecule has 0 spiro atoms. The van der Waals surface area contributed by atoms with Crippen molar-refractivity contribution in [2.45, 2.75) is 51.5 Å². The molecular weight excluding hydrogens is 248 g/mol. The Bertz CT molecular complexity index is 448. The molecule has 0 aliphatic heterocycles. The predicted molar refractivity (Wildman–Crippen MR) is 71.9 cm³/mol. The zero-order chi connectivity index (χ0) is 13.3. The van der Waals surface area contributed by atoms with Gasteiger partial charge in [0.05, 0.1) is 11.2 Å². The lowest BCUT2D eigenvalue weighted by atomic mass is 9.78. The zero-order valence-electron chi connectivity index (χ0n) is 10.9. The molecule has 4 nitrogen and oxygen atoms in total. The molecule has 1 aliphatic rings. The maximum absolute atomic E-state index is 11.2. The van der Waals surface area contributed by atoms with Crippen LogP contribution in [-0.2, 0) is 12.0 Å². The fourth-order valence-electron chi connectivity index (χ4n) is 2.46. The van der Waals surface area contributed by atoms with Gasteiger partial charge < -0.3 is 10.8 Å². The third-order valence-electron chi connectivity index (χ3n) is 3.82. The van der Waals surface area contributed by atoms with Crippen LogP contribution in [0.3, 0.4) is 0 Å². The van der Waals surface area contributed by atoms with Crippen LogP contribution in [-0.4, -0.2) is 16.1 Å². The monoisotopic (exact) mass is 268 g/mol. The SMILES string of the molecule is CCc1nc(C2(N)CCC(C)CC2)sc1C(=O)O. The maximum Gasteiger partial charge on any atom is 0.347 e. The van der Waals surface area contributed by atoms with Gasteiger partial charge in [-0.15, -0.1) is 11.3 Å². The second kappa shape index (κ2) is 4.97. The molecule has 100 valence electrons. The van der Waals surface area contributed by atoms with Gasteiger partial charge in [0.2, 0.25) is 0 Å². The Kier molecular flexibility index (Phi) is 3.73. The molecule has 0 bridgehead atoms. The van der Waals surface area contributed by atoms with Gasteiger partial charge in [-0.3, -0.25) is 0 Å². The number of carboxylic acids is 1. The van der Waals surface area contributed by atoms with Crippen molar-refractivity contribution in [3.63, 3.8) is 0 Å². The molecule has 0 atom stereocenters. The highest BCUT2D eigenvalue weighted by atomic mass is 32.1. The van der Waals surface area contributed by atoms with Crippen LogP contribution in [0.1, 0.15) is 59.9 Å². The Labute approximate surface area is 111 Å². The minimum absolute atomic E-state index is 0.357. The summed E-state index contributed by atoms with van der Waals surface area (Å²) in [6, 6.07) is 0. The fourth-order valence-corrected chi connectivity index (χ4v) is 3.61. The number of aryl methyl sites for hydroxylation is 1. The van der Waals surface area contributed by atoms with Crippen LogP contribution in [0.4, 0.5) is 0 Å². The van der Waals surface area contributed by atoms with E-state index in [-0.39, 0.29) is 0 Å². The minimum Gasteiger partial charge on any atom is -0.477 e. The molecule has 1 fully saturated rings. The van der Waals surface area contributed by atoms with E-state index in [0.717, 1.165) is 30.7 Å². The second-order valence-corrected chi connectivity index (χ2v) is 6.29. The van der Waals surface area contributed by atoms with E-state index < -0.39 is 11.5 Å². The Morgan fingerprint density at radius 2 is 2.17 bits per heavy atom. The second-order valence-electron chi connectivity index (χ2n) is 5.29. The number of thiazole rings is 1. The molecular formula is C13H20N2O2S. The van der Waals surface area contributed by atoms with Crippen molar-refractivity contribution in [3.8, 4) is 0 Å². The predicted octanol–water partition coefficient (Wildman–Crippen LogP) is 2.77. The standard InChI is InChI=1S/C13H20N2O2S/c1-3-9-10(11(16)17)18-12(15-9)13(14)6-4-8(2)5-7-13/h8H,3-7,14H2,1-2H3,(H,16,17). The third kappa shape index (κ3) is 2.42. The number of hydrogen-bond donors (Lipinski definition) is 2. The lowest BCUT2D eigenvalue weighted by Crippen LogP contribution is -2.40. The minimum atomic E-state index is -0.886. The molecule has 0 radical (unpaired) electrons. The molecule has 0 unspecified atom stereocenters. The number of carboxylic acid groups (broad SMARTS) is 1. The normalized spacial score (nSPS) is 28.3. The van der Waals surface area contributed by atoms with Crippen molar-refractivity contribution in [2.24, 2.45) is 11.7 Å². The Hall–Kier alpha value is -0.940. The average Bonchev–Trinajstić information content (AvgIpc) is 2.78. The fraction of sp³-hybridized carbons (Fsp3) is 0.692. The van der Waals surface area contributed by atoms with Crippen LogP contribution in [0.5, 0.6) is 0 Å². The summed E-state index contributed by atoms with van der Waals surface area (Å²) in [7, 11) is 0. The summed E-state index contributed by atoms with van der Waals surface area (Å²) in [5.74, 6) is -0.172. The van der Waals surface area contributed by atoms with Gasteiger partial charge in [-0.05, 0) is 38.0 Å². The summed E-state index contributed by atoms with van der Waals surface area (Å²) in [5, 5.41) is 9.97. The van der Waals surface area contributed by atoms with Gasteiger partial charge >= 0.3 is 5.97 Å². The highest BCUT2D eigenvalue weighted by Gasteiger charge is 2.36. The van der Waals surface area contributed by atoms with E-state index in [9.17, 15) is 4.79 Å². The zero-order valence-corrected chi connectivity index (χ0v) is 11.7. The number of aromatic carboxylic acids is 1. The van der Waals surface area contributed by atoms with Crippen LogP contribution in [0.2, 0.25) is 0 Å². The van der Waals surface area contributed by atoms with Crippen molar-refractivity contribution in [3.05, 3.63) is 15.6 Å². The third-order valence-corrected chi connectivity index (χ3v) is 5.12. The number of nitrogens with zero attached hydrogens (tertiary/aromatic N) is 1.